The third-order valence-corrected chi connectivity index (χ3v) is 6.63. The summed E-state index contributed by atoms with van der Waals surface area (Å²) in [5, 5.41) is 9.99. The maximum Gasteiger partial charge on any atom is 0.233 e. The van der Waals surface area contributed by atoms with Crippen LogP contribution in [0, 0.1) is 17.8 Å². The molecule has 2 unspecified atom stereocenters. The molecule has 4 rings (SSSR count). The molecule has 7 heteroatoms. The number of fused-ring (bicyclic) bond motifs is 1. The van der Waals surface area contributed by atoms with Gasteiger partial charge in [0.2, 0.25) is 17.7 Å². The van der Waals surface area contributed by atoms with Gasteiger partial charge in [0.15, 0.2) is 5.82 Å². The topological polar surface area (TPSA) is 95.2 Å². The van der Waals surface area contributed by atoms with Crippen LogP contribution in [0.15, 0.2) is 6.07 Å². The number of nitrogens with zero attached hydrogens (tertiary/aromatic N) is 2. The minimum atomic E-state index is -0.216. The molecule has 3 fully saturated rings. The Morgan fingerprint density at radius 2 is 1.68 bits per heavy atom. The van der Waals surface area contributed by atoms with Gasteiger partial charge in [0.1, 0.15) is 0 Å². The van der Waals surface area contributed by atoms with E-state index in [1.54, 1.807) is 0 Å². The fraction of sp³-hybridized carbons (Fsp3) is 0.714. The highest BCUT2D eigenvalue weighted by Crippen LogP contribution is 2.38. The smallest absolute Gasteiger partial charge is 0.233 e. The van der Waals surface area contributed by atoms with Crippen LogP contribution in [0.2, 0.25) is 0 Å². The summed E-state index contributed by atoms with van der Waals surface area (Å²) >= 11 is 0. The number of H-pyrrole nitrogens is 1. The highest BCUT2D eigenvalue weighted by molar-refractivity contribution is 6.05. The van der Waals surface area contributed by atoms with Gasteiger partial charge in [-0.2, -0.15) is 5.10 Å². The summed E-state index contributed by atoms with van der Waals surface area (Å²) in [4.78, 5) is 38.5. The third kappa shape index (κ3) is 4.13. The van der Waals surface area contributed by atoms with Gasteiger partial charge in [-0.3, -0.25) is 24.4 Å². The van der Waals surface area contributed by atoms with Crippen molar-refractivity contribution in [3.05, 3.63) is 11.8 Å². The van der Waals surface area contributed by atoms with Gasteiger partial charge in [-0.05, 0) is 25.2 Å². The number of likely N-dealkylation sites (tertiary alicyclic amines) is 1. The Labute approximate surface area is 165 Å². The van der Waals surface area contributed by atoms with Gasteiger partial charge in [-0.25, -0.2) is 0 Å². The van der Waals surface area contributed by atoms with Crippen LogP contribution >= 0.6 is 0 Å². The van der Waals surface area contributed by atoms with Crippen molar-refractivity contribution >= 4 is 23.5 Å². The molecule has 3 aliphatic rings. The molecule has 2 saturated carbocycles. The zero-order valence-electron chi connectivity index (χ0n) is 16.4. The van der Waals surface area contributed by atoms with E-state index in [0.29, 0.717) is 11.7 Å². The third-order valence-electron chi connectivity index (χ3n) is 6.63. The lowest BCUT2D eigenvalue weighted by Crippen LogP contribution is -2.34. The maximum absolute atomic E-state index is 12.5. The fourth-order valence-electron chi connectivity index (χ4n) is 5.10. The van der Waals surface area contributed by atoms with Gasteiger partial charge in [0, 0.05) is 24.7 Å². The summed E-state index contributed by atoms with van der Waals surface area (Å²) in [6, 6.07) is 1.90. The molecule has 2 atom stereocenters. The van der Waals surface area contributed by atoms with E-state index >= 15 is 0 Å². The molecule has 1 aromatic heterocycles. The Morgan fingerprint density at radius 1 is 1.04 bits per heavy atom. The van der Waals surface area contributed by atoms with Crippen LogP contribution in [0.25, 0.3) is 0 Å². The molecule has 28 heavy (non-hydrogen) atoms. The second kappa shape index (κ2) is 8.45. The van der Waals surface area contributed by atoms with E-state index in [0.717, 1.165) is 37.8 Å². The number of nitrogens with one attached hydrogen (secondary N) is 2. The van der Waals surface area contributed by atoms with Crippen molar-refractivity contribution in [2.45, 2.75) is 70.6 Å². The van der Waals surface area contributed by atoms with E-state index in [9.17, 15) is 14.4 Å². The minimum Gasteiger partial charge on any atom is -0.309 e. The number of rotatable bonds is 6. The average Bonchev–Trinajstić information content (AvgIpc) is 3.24. The second-order valence-corrected chi connectivity index (χ2v) is 8.61. The Morgan fingerprint density at radius 3 is 2.36 bits per heavy atom. The first-order valence-electron chi connectivity index (χ1n) is 10.8. The van der Waals surface area contributed by atoms with E-state index in [-0.39, 0.29) is 42.5 Å². The molecule has 7 nitrogen and oxygen atoms in total. The van der Waals surface area contributed by atoms with Crippen molar-refractivity contribution in [1.82, 2.24) is 15.1 Å². The largest absolute Gasteiger partial charge is 0.309 e. The van der Waals surface area contributed by atoms with Crippen LogP contribution in [-0.4, -0.2) is 39.4 Å². The first kappa shape index (κ1) is 19.2. The number of hydrogen-bond donors (Lipinski definition) is 2. The summed E-state index contributed by atoms with van der Waals surface area (Å²) in [5.41, 5.74) is 1.05. The fourth-order valence-corrected chi connectivity index (χ4v) is 5.10. The molecule has 1 aliphatic heterocycles. The maximum atomic E-state index is 12.5. The number of amides is 3. The van der Waals surface area contributed by atoms with Crippen molar-refractivity contribution in [2.24, 2.45) is 17.8 Å². The van der Waals surface area contributed by atoms with Crippen molar-refractivity contribution in [3.8, 4) is 0 Å². The van der Waals surface area contributed by atoms with Crippen molar-refractivity contribution in [3.63, 3.8) is 0 Å². The Balaban J connectivity index is 1.25. The molecule has 0 aromatic carbocycles. The highest BCUT2D eigenvalue weighted by atomic mass is 16.2. The van der Waals surface area contributed by atoms with Crippen molar-refractivity contribution in [1.29, 1.82) is 0 Å². The lowest BCUT2D eigenvalue weighted by atomic mass is 9.81. The monoisotopic (exact) mass is 386 g/mol. The van der Waals surface area contributed by atoms with E-state index in [1.165, 1.54) is 37.0 Å². The van der Waals surface area contributed by atoms with Crippen LogP contribution in [0.5, 0.6) is 0 Å². The molecule has 2 N–H and O–H groups in total. The Bertz CT molecular complexity index is 714. The zero-order valence-corrected chi connectivity index (χ0v) is 16.4. The van der Waals surface area contributed by atoms with Gasteiger partial charge in [0.25, 0.3) is 0 Å². The Hall–Kier alpha value is -2.18. The van der Waals surface area contributed by atoms with Crippen molar-refractivity contribution < 1.29 is 14.4 Å². The summed E-state index contributed by atoms with van der Waals surface area (Å²) in [5.74, 6) is 0.522. The van der Waals surface area contributed by atoms with Gasteiger partial charge in [-0.15, -0.1) is 0 Å². The molecule has 1 aromatic rings. The minimum absolute atomic E-state index is 0.0861. The molecule has 152 valence electrons. The van der Waals surface area contributed by atoms with Gasteiger partial charge in [0.05, 0.1) is 11.8 Å². The van der Waals surface area contributed by atoms with Crippen LogP contribution in [0.4, 0.5) is 5.82 Å². The molecular formula is C21H30N4O3. The van der Waals surface area contributed by atoms with E-state index in [2.05, 4.69) is 15.5 Å². The Kier molecular flexibility index (Phi) is 5.78. The molecule has 1 saturated heterocycles. The molecule has 2 heterocycles. The highest BCUT2D eigenvalue weighted by Gasteiger charge is 2.47. The standard InChI is InChI=1S/C21H30N4O3/c26-19(10-11-25-20(27)16-8-4-5-9-17(16)21(25)28)22-18-13-15(23-24-18)12-14-6-2-1-3-7-14/h13-14,16-17H,1-12H2,(H2,22,23,24,26). The van der Waals surface area contributed by atoms with E-state index < -0.39 is 0 Å². The number of aromatic amines is 1. The second-order valence-electron chi connectivity index (χ2n) is 8.61. The lowest BCUT2D eigenvalue weighted by Gasteiger charge is -2.20. The zero-order chi connectivity index (χ0) is 19.5. The molecule has 0 spiro atoms. The van der Waals surface area contributed by atoms with Gasteiger partial charge >= 0.3 is 0 Å². The molecule has 2 aliphatic carbocycles. The normalized spacial score (nSPS) is 25.8. The predicted molar refractivity (Wildman–Crippen MR) is 104 cm³/mol. The first-order chi connectivity index (χ1) is 13.6. The van der Waals surface area contributed by atoms with E-state index in [1.807, 2.05) is 6.07 Å². The molecular weight excluding hydrogens is 356 g/mol. The van der Waals surface area contributed by atoms with Crippen LogP contribution in [-0.2, 0) is 20.8 Å². The number of anilines is 1. The quantitative estimate of drug-likeness (QED) is 0.735. The van der Waals surface area contributed by atoms with E-state index in [4.69, 9.17) is 0 Å². The van der Waals surface area contributed by atoms with Crippen molar-refractivity contribution in [2.75, 3.05) is 11.9 Å². The number of aromatic nitrogens is 2. The molecule has 0 radical (unpaired) electrons. The number of hydrogen-bond acceptors (Lipinski definition) is 4. The predicted octanol–water partition coefficient (Wildman–Crippen LogP) is 3.04. The number of imide groups is 1. The van der Waals surface area contributed by atoms with Gasteiger partial charge < -0.3 is 5.32 Å². The van der Waals surface area contributed by atoms with Crippen LogP contribution in [0.3, 0.4) is 0 Å². The first-order valence-corrected chi connectivity index (χ1v) is 10.8. The van der Waals surface area contributed by atoms with Gasteiger partial charge in [-0.1, -0.05) is 44.9 Å². The summed E-state index contributed by atoms with van der Waals surface area (Å²) in [6.07, 6.45) is 11.2. The number of carbonyl (C=O) groups excluding carboxylic acids is 3. The van der Waals surface area contributed by atoms with Crippen LogP contribution < -0.4 is 5.32 Å². The summed E-state index contributed by atoms with van der Waals surface area (Å²) < 4.78 is 0. The molecule has 0 bridgehead atoms. The van der Waals surface area contributed by atoms with Crippen LogP contribution in [0.1, 0.15) is 69.9 Å². The SMILES string of the molecule is O=C(CCN1C(=O)C2CCCCC2C1=O)Nc1cc(CC2CCCCC2)[nH]n1. The molecule has 3 amide bonds. The summed E-state index contributed by atoms with van der Waals surface area (Å²) in [7, 11) is 0. The lowest BCUT2D eigenvalue weighted by molar-refractivity contribution is -0.140. The summed E-state index contributed by atoms with van der Waals surface area (Å²) in [6.45, 7) is 0.163. The average molecular weight is 386 g/mol. The number of carbonyl (C=O) groups is 3.